The maximum atomic E-state index is 13.7. The Morgan fingerprint density at radius 1 is 1.29 bits per heavy atom. The maximum absolute atomic E-state index is 13.7. The van der Waals surface area contributed by atoms with Crippen molar-refractivity contribution in [2.45, 2.75) is 5.38 Å². The van der Waals surface area contributed by atoms with E-state index in [4.69, 9.17) is 32.4 Å². The van der Waals surface area contributed by atoms with Gasteiger partial charge in [0.25, 0.3) is 0 Å². The van der Waals surface area contributed by atoms with E-state index < -0.39 is 11.2 Å². The molecule has 1 unspecified atom stereocenters. The molecule has 2 rings (SSSR count). The van der Waals surface area contributed by atoms with E-state index in [0.717, 1.165) is 0 Å². The summed E-state index contributed by atoms with van der Waals surface area (Å²) in [6.07, 6.45) is 0. The van der Waals surface area contributed by atoms with Gasteiger partial charge in [0.05, 0.1) is 7.11 Å². The van der Waals surface area contributed by atoms with Crippen LogP contribution in [0.2, 0.25) is 5.22 Å². The molecule has 5 heteroatoms. The molecule has 2 nitrogen and oxygen atoms in total. The number of hydrogen-bond donors (Lipinski definition) is 0. The van der Waals surface area contributed by atoms with Crippen molar-refractivity contribution in [1.82, 2.24) is 0 Å². The van der Waals surface area contributed by atoms with Gasteiger partial charge in [0.2, 0.25) is 0 Å². The lowest BCUT2D eigenvalue weighted by atomic mass is 10.1. The van der Waals surface area contributed by atoms with Crippen LogP contribution in [0.5, 0.6) is 5.75 Å². The Bertz CT molecular complexity index is 525. The number of alkyl halides is 1. The molecule has 1 aromatic carbocycles. The largest absolute Gasteiger partial charge is 0.497 e. The summed E-state index contributed by atoms with van der Waals surface area (Å²) in [5.74, 6) is 0.394. The zero-order chi connectivity index (χ0) is 12.4. The molecule has 0 amide bonds. The van der Waals surface area contributed by atoms with Gasteiger partial charge in [-0.1, -0.05) is 6.07 Å². The fourth-order valence-electron chi connectivity index (χ4n) is 1.46. The van der Waals surface area contributed by atoms with Gasteiger partial charge in [0.15, 0.2) is 5.22 Å². The molecule has 0 spiro atoms. The molecule has 2 aromatic rings. The molecule has 0 saturated heterocycles. The average Bonchev–Trinajstić information content (AvgIpc) is 2.75. The molecule has 0 radical (unpaired) electrons. The number of rotatable bonds is 3. The highest BCUT2D eigenvalue weighted by molar-refractivity contribution is 6.29. The van der Waals surface area contributed by atoms with Crippen LogP contribution in [-0.4, -0.2) is 7.11 Å². The number of ether oxygens (including phenoxy) is 1. The van der Waals surface area contributed by atoms with Gasteiger partial charge in [-0.2, -0.15) is 0 Å². The molecule has 0 aliphatic carbocycles. The van der Waals surface area contributed by atoms with Gasteiger partial charge in [-0.15, -0.1) is 11.6 Å². The molecule has 0 aliphatic rings. The monoisotopic (exact) mass is 274 g/mol. The second kappa shape index (κ2) is 4.98. The van der Waals surface area contributed by atoms with Crippen molar-refractivity contribution < 1.29 is 13.5 Å². The lowest BCUT2D eigenvalue weighted by molar-refractivity contribution is 0.410. The van der Waals surface area contributed by atoms with E-state index in [2.05, 4.69) is 0 Å². The highest BCUT2D eigenvalue weighted by atomic mass is 35.5. The molecule has 90 valence electrons. The van der Waals surface area contributed by atoms with Crippen molar-refractivity contribution in [3.05, 3.63) is 52.7 Å². The lowest BCUT2D eigenvalue weighted by Gasteiger charge is -2.09. The maximum Gasteiger partial charge on any atom is 0.193 e. The number of halogens is 3. The Kier molecular flexibility index (Phi) is 3.60. The first-order valence-corrected chi connectivity index (χ1v) is 5.66. The van der Waals surface area contributed by atoms with E-state index in [1.807, 2.05) is 0 Å². The standard InChI is InChI=1S/C12H9Cl2FO2/c1-16-7-2-3-8(9(15)6-7)12(14)10-4-5-11(13)17-10/h2-6,12H,1H3. The topological polar surface area (TPSA) is 22.4 Å². The van der Waals surface area contributed by atoms with E-state index in [1.165, 1.54) is 13.2 Å². The summed E-state index contributed by atoms with van der Waals surface area (Å²) in [7, 11) is 1.47. The average molecular weight is 275 g/mol. The molecular formula is C12H9Cl2FO2. The molecule has 0 bridgehead atoms. The fraction of sp³-hybridized carbons (Fsp3) is 0.167. The SMILES string of the molecule is COc1ccc(C(Cl)c2ccc(Cl)o2)c(F)c1. The van der Waals surface area contributed by atoms with Crippen LogP contribution >= 0.6 is 23.2 Å². The van der Waals surface area contributed by atoms with Crippen LogP contribution in [0.25, 0.3) is 0 Å². The Labute approximate surface area is 108 Å². The van der Waals surface area contributed by atoms with E-state index in [-0.39, 0.29) is 5.22 Å². The van der Waals surface area contributed by atoms with E-state index in [1.54, 1.807) is 24.3 Å². The van der Waals surface area contributed by atoms with Crippen molar-refractivity contribution in [1.29, 1.82) is 0 Å². The van der Waals surface area contributed by atoms with Crippen molar-refractivity contribution in [2.24, 2.45) is 0 Å². The molecule has 0 saturated carbocycles. The summed E-state index contributed by atoms with van der Waals surface area (Å²) in [4.78, 5) is 0. The predicted molar refractivity (Wildman–Crippen MR) is 64.4 cm³/mol. The third kappa shape index (κ3) is 2.56. The third-order valence-electron chi connectivity index (χ3n) is 2.32. The normalized spacial score (nSPS) is 12.5. The van der Waals surface area contributed by atoms with E-state index >= 15 is 0 Å². The Balaban J connectivity index is 2.34. The number of hydrogen-bond acceptors (Lipinski definition) is 2. The van der Waals surface area contributed by atoms with Crippen LogP contribution in [0, 0.1) is 5.82 Å². The zero-order valence-corrected chi connectivity index (χ0v) is 10.4. The van der Waals surface area contributed by atoms with Crippen LogP contribution in [0.15, 0.2) is 34.7 Å². The predicted octanol–water partition coefficient (Wildman–Crippen LogP) is 4.41. The van der Waals surface area contributed by atoms with Crippen molar-refractivity contribution in [3.8, 4) is 5.75 Å². The fourth-order valence-corrected chi connectivity index (χ4v) is 1.90. The van der Waals surface area contributed by atoms with Gasteiger partial charge < -0.3 is 9.15 Å². The van der Waals surface area contributed by atoms with Crippen LogP contribution in [0.1, 0.15) is 16.7 Å². The van der Waals surface area contributed by atoms with Crippen LogP contribution in [-0.2, 0) is 0 Å². The number of benzene rings is 1. The summed E-state index contributed by atoms with van der Waals surface area (Å²) < 4.78 is 23.8. The summed E-state index contributed by atoms with van der Waals surface area (Å²) >= 11 is 11.8. The Morgan fingerprint density at radius 2 is 2.06 bits per heavy atom. The first-order chi connectivity index (χ1) is 8.11. The third-order valence-corrected chi connectivity index (χ3v) is 2.98. The molecule has 0 N–H and O–H groups in total. The summed E-state index contributed by atoms with van der Waals surface area (Å²) in [6, 6.07) is 7.65. The van der Waals surface area contributed by atoms with Crippen LogP contribution in [0.4, 0.5) is 4.39 Å². The van der Waals surface area contributed by atoms with Crippen LogP contribution < -0.4 is 4.74 Å². The Hall–Kier alpha value is -1.19. The van der Waals surface area contributed by atoms with Gasteiger partial charge in [0.1, 0.15) is 22.7 Å². The number of methoxy groups -OCH3 is 1. The Morgan fingerprint density at radius 3 is 2.59 bits per heavy atom. The first-order valence-electron chi connectivity index (χ1n) is 4.84. The second-order valence-electron chi connectivity index (χ2n) is 3.39. The minimum Gasteiger partial charge on any atom is -0.497 e. The minimum absolute atomic E-state index is 0.222. The molecule has 1 aromatic heterocycles. The van der Waals surface area contributed by atoms with Gasteiger partial charge in [-0.3, -0.25) is 0 Å². The first kappa shape index (κ1) is 12.3. The molecule has 0 fully saturated rings. The van der Waals surface area contributed by atoms with Gasteiger partial charge in [0, 0.05) is 11.6 Å². The summed E-state index contributed by atoms with van der Waals surface area (Å²) in [6.45, 7) is 0. The second-order valence-corrected chi connectivity index (χ2v) is 4.20. The van der Waals surface area contributed by atoms with Crippen molar-refractivity contribution in [3.63, 3.8) is 0 Å². The molecule has 1 atom stereocenters. The van der Waals surface area contributed by atoms with Crippen LogP contribution in [0.3, 0.4) is 0 Å². The highest BCUT2D eigenvalue weighted by Gasteiger charge is 2.19. The van der Waals surface area contributed by atoms with E-state index in [0.29, 0.717) is 17.1 Å². The zero-order valence-electron chi connectivity index (χ0n) is 8.91. The highest BCUT2D eigenvalue weighted by Crippen LogP contribution is 2.33. The summed E-state index contributed by atoms with van der Waals surface area (Å²) in [5, 5.41) is -0.493. The molecule has 1 heterocycles. The van der Waals surface area contributed by atoms with E-state index in [9.17, 15) is 4.39 Å². The summed E-state index contributed by atoms with van der Waals surface area (Å²) in [5.41, 5.74) is 0.318. The van der Waals surface area contributed by atoms with Gasteiger partial charge in [-0.25, -0.2) is 4.39 Å². The lowest BCUT2D eigenvalue weighted by Crippen LogP contribution is -1.96. The minimum atomic E-state index is -0.714. The molecule has 17 heavy (non-hydrogen) atoms. The van der Waals surface area contributed by atoms with Crippen molar-refractivity contribution in [2.75, 3.05) is 7.11 Å². The molecule has 0 aliphatic heterocycles. The van der Waals surface area contributed by atoms with Gasteiger partial charge in [-0.05, 0) is 29.8 Å². The van der Waals surface area contributed by atoms with Gasteiger partial charge >= 0.3 is 0 Å². The van der Waals surface area contributed by atoms with Crippen molar-refractivity contribution >= 4 is 23.2 Å². The quantitative estimate of drug-likeness (QED) is 0.774. The number of furan rings is 1. The smallest absolute Gasteiger partial charge is 0.193 e. The molecular weight excluding hydrogens is 266 g/mol.